The van der Waals surface area contributed by atoms with E-state index < -0.39 is 35.3 Å². The van der Waals surface area contributed by atoms with Crippen molar-refractivity contribution in [3.63, 3.8) is 0 Å². The predicted molar refractivity (Wildman–Crippen MR) is 30.7 cm³/mol. The summed E-state index contributed by atoms with van der Waals surface area (Å²) in [7, 11) is 0. The van der Waals surface area contributed by atoms with Crippen LogP contribution in [-0.2, 0) is 9.37 Å². The molecule has 0 radical (unpaired) electrons. The molecule has 0 spiro atoms. The second-order valence-corrected chi connectivity index (χ2v) is 3.21. The molecule has 0 heterocycles. The topological polar surface area (TPSA) is 41.5 Å². The second-order valence-electron chi connectivity index (χ2n) is 2.39. The minimum Gasteiger partial charge on any atom is -0.691 e. The molecule has 0 atom stereocenters. The third-order valence-electron chi connectivity index (χ3n) is 1.35. The van der Waals surface area contributed by atoms with Gasteiger partial charge in [0.1, 0.15) is 12.0 Å². The average molecular weight is 299 g/mol. The minimum absolute atomic E-state index is 2.04. The van der Waals surface area contributed by atoms with Crippen LogP contribution in [0.5, 0.6) is 0 Å². The molecule has 13 heteroatoms. The highest BCUT2D eigenvalue weighted by Gasteiger charge is 2.85. The van der Waals surface area contributed by atoms with E-state index in [4.69, 9.17) is 5.26 Å². The summed E-state index contributed by atoms with van der Waals surface area (Å²) in [5, 5.41) is 5.00. The smallest absolute Gasteiger partial charge is 0.438 e. The van der Waals surface area contributed by atoms with Crippen molar-refractivity contribution < 1.29 is 54.1 Å². The molecule has 3 nitrogen and oxygen atoms in total. The standard InChI is InChI=1S/C4HF9O3S/c5-1(2(6,7)8,3(9,10)11)4(12,13)17-16-15-14/h14H/p-1. The molecule has 0 unspecified atom stereocenters. The Kier molecular flexibility index (Phi) is 4.59. The Labute approximate surface area is 90.5 Å². The molecule has 0 aliphatic heterocycles. The Morgan fingerprint density at radius 3 is 1.35 bits per heavy atom. The first-order valence-electron chi connectivity index (χ1n) is 3.15. The molecule has 0 fully saturated rings. The number of halogens is 9. The van der Waals surface area contributed by atoms with Crippen molar-refractivity contribution in [2.24, 2.45) is 0 Å². The first-order chi connectivity index (χ1) is 7.31. The highest BCUT2D eigenvalue weighted by molar-refractivity contribution is 7.95. The lowest BCUT2D eigenvalue weighted by atomic mass is 10.1. The van der Waals surface area contributed by atoms with Crippen LogP contribution in [0.15, 0.2) is 0 Å². The van der Waals surface area contributed by atoms with Crippen LogP contribution >= 0.6 is 12.0 Å². The zero-order chi connectivity index (χ0) is 14.1. The number of alkyl halides is 9. The Balaban J connectivity index is 5.49. The normalized spacial score (nSPS) is 15.2. The van der Waals surface area contributed by atoms with Crippen LogP contribution in [0.2, 0.25) is 0 Å². The van der Waals surface area contributed by atoms with E-state index in [1.165, 1.54) is 0 Å². The monoisotopic (exact) mass is 299 g/mol. The summed E-state index contributed by atoms with van der Waals surface area (Å²) >= 11 is -2.04. The van der Waals surface area contributed by atoms with Crippen LogP contribution < -0.4 is 5.26 Å². The lowest BCUT2D eigenvalue weighted by molar-refractivity contribution is -0.777. The second kappa shape index (κ2) is 4.70. The van der Waals surface area contributed by atoms with Crippen molar-refractivity contribution in [3.8, 4) is 0 Å². The first-order valence-corrected chi connectivity index (χ1v) is 3.90. The summed E-state index contributed by atoms with van der Waals surface area (Å²) in [6.45, 7) is 0. The summed E-state index contributed by atoms with van der Waals surface area (Å²) in [6, 6.07) is 0. The van der Waals surface area contributed by atoms with Crippen molar-refractivity contribution in [3.05, 3.63) is 0 Å². The van der Waals surface area contributed by atoms with Gasteiger partial charge in [-0.1, -0.05) is 0 Å². The molecule has 0 saturated heterocycles. The van der Waals surface area contributed by atoms with Crippen molar-refractivity contribution in [2.75, 3.05) is 0 Å². The molecule has 0 N–H and O–H groups in total. The van der Waals surface area contributed by atoms with Crippen molar-refractivity contribution in [1.29, 1.82) is 0 Å². The Morgan fingerprint density at radius 1 is 0.765 bits per heavy atom. The predicted octanol–water partition coefficient (Wildman–Crippen LogP) is 2.28. The molecular weight excluding hydrogens is 299 g/mol. The molecule has 104 valence electrons. The number of hydrogen-bond acceptors (Lipinski definition) is 4. The Morgan fingerprint density at radius 2 is 1.12 bits per heavy atom. The van der Waals surface area contributed by atoms with Gasteiger partial charge in [-0.2, -0.15) is 39.5 Å². The minimum atomic E-state index is -6.98. The van der Waals surface area contributed by atoms with Crippen LogP contribution in [0.25, 0.3) is 0 Å². The van der Waals surface area contributed by atoms with Crippen LogP contribution in [-0.4, -0.2) is 23.3 Å². The molecule has 0 aromatic carbocycles. The van der Waals surface area contributed by atoms with Gasteiger partial charge in [0, 0.05) is 0 Å². The molecule has 0 aromatic rings. The molecule has 0 amide bonds. The third kappa shape index (κ3) is 2.89. The van der Waals surface area contributed by atoms with Gasteiger partial charge in [0.2, 0.25) is 0 Å². The molecule has 0 bridgehead atoms. The summed E-state index contributed by atoms with van der Waals surface area (Å²) in [6.07, 6.45) is -14.0. The van der Waals surface area contributed by atoms with Gasteiger partial charge in [0.25, 0.3) is 0 Å². The molecular formula is C4F9O3S-. The lowest BCUT2D eigenvalue weighted by Gasteiger charge is -2.34. The van der Waals surface area contributed by atoms with Gasteiger partial charge in [0.05, 0.1) is 0 Å². The van der Waals surface area contributed by atoms with Gasteiger partial charge in [0.15, 0.2) is 0 Å². The molecule has 0 rings (SSSR count). The molecule has 0 saturated carbocycles. The van der Waals surface area contributed by atoms with E-state index in [0.29, 0.717) is 0 Å². The van der Waals surface area contributed by atoms with Crippen LogP contribution in [0, 0.1) is 0 Å². The fourth-order valence-electron chi connectivity index (χ4n) is 0.605. The fraction of sp³-hybridized carbons (Fsp3) is 1.00. The fourth-order valence-corrected chi connectivity index (χ4v) is 1.06. The van der Waals surface area contributed by atoms with Crippen molar-refractivity contribution in [2.45, 2.75) is 23.3 Å². The first kappa shape index (κ1) is 16.6. The molecule has 17 heavy (non-hydrogen) atoms. The maximum Gasteiger partial charge on any atom is 0.438 e. The van der Waals surface area contributed by atoms with Gasteiger partial charge in [-0.15, -0.1) is 0 Å². The zero-order valence-electron chi connectivity index (χ0n) is 7.03. The zero-order valence-corrected chi connectivity index (χ0v) is 7.85. The summed E-state index contributed by atoms with van der Waals surface area (Å²) in [5.41, 5.74) is -6.89. The van der Waals surface area contributed by atoms with Crippen molar-refractivity contribution >= 4 is 12.0 Å². The molecule has 0 aromatic heterocycles. The maximum atomic E-state index is 12.6. The molecule has 0 aliphatic rings. The largest absolute Gasteiger partial charge is 0.691 e. The van der Waals surface area contributed by atoms with E-state index in [2.05, 4.69) is 9.37 Å². The van der Waals surface area contributed by atoms with E-state index in [9.17, 15) is 39.5 Å². The highest BCUT2D eigenvalue weighted by Crippen LogP contribution is 2.58. The number of rotatable bonds is 4. The lowest BCUT2D eigenvalue weighted by Crippen LogP contribution is -2.63. The van der Waals surface area contributed by atoms with Crippen LogP contribution in [0.3, 0.4) is 0 Å². The Hall–Kier alpha value is -0.400. The maximum absolute atomic E-state index is 12.6. The number of hydrogen-bond donors (Lipinski definition) is 0. The summed E-state index contributed by atoms with van der Waals surface area (Å²) in [4.78, 5) is 0. The van der Waals surface area contributed by atoms with E-state index in [-0.39, 0.29) is 0 Å². The highest BCUT2D eigenvalue weighted by atomic mass is 32.2. The van der Waals surface area contributed by atoms with E-state index >= 15 is 0 Å². The quantitative estimate of drug-likeness (QED) is 0.346. The van der Waals surface area contributed by atoms with Crippen molar-refractivity contribution in [1.82, 2.24) is 0 Å². The molecule has 0 aliphatic carbocycles. The summed E-state index contributed by atoms with van der Waals surface area (Å²) < 4.78 is 111. The summed E-state index contributed by atoms with van der Waals surface area (Å²) in [5.74, 6) is 0. The van der Waals surface area contributed by atoms with Crippen LogP contribution in [0.4, 0.5) is 39.5 Å². The van der Waals surface area contributed by atoms with Gasteiger partial charge in [-0.05, 0) is 0 Å². The third-order valence-corrected chi connectivity index (χ3v) is 1.96. The SMILES string of the molecule is [O-]OOSC(F)(F)C(F)(C(F)(F)F)C(F)(F)F. The average Bonchev–Trinajstić information content (AvgIpc) is 2.09. The van der Waals surface area contributed by atoms with Gasteiger partial charge in [-0.3, -0.25) is 5.04 Å². The van der Waals surface area contributed by atoms with Gasteiger partial charge >= 0.3 is 23.3 Å². The van der Waals surface area contributed by atoms with E-state index in [1.807, 2.05) is 0 Å². The van der Waals surface area contributed by atoms with E-state index in [0.717, 1.165) is 0 Å². The van der Waals surface area contributed by atoms with Gasteiger partial charge in [-0.25, -0.2) is 4.39 Å². The van der Waals surface area contributed by atoms with E-state index in [1.54, 1.807) is 0 Å². The van der Waals surface area contributed by atoms with Crippen LogP contribution in [0.1, 0.15) is 0 Å². The van der Waals surface area contributed by atoms with Gasteiger partial charge < -0.3 is 5.26 Å². The Bertz CT molecular complexity index is 246.